The normalized spacial score (nSPS) is 20.0. The maximum Gasteiger partial charge on any atom is 0.346 e. The average Bonchev–Trinajstić information content (AvgIpc) is 2.70. The quantitative estimate of drug-likeness (QED) is 0.469. The van der Waals surface area contributed by atoms with Crippen molar-refractivity contribution in [1.82, 2.24) is 0 Å². The van der Waals surface area contributed by atoms with Gasteiger partial charge < -0.3 is 9.15 Å². The number of fused-ring (bicyclic) bond motifs is 1. The van der Waals surface area contributed by atoms with Crippen molar-refractivity contribution in [3.05, 3.63) is 45.8 Å². The zero-order valence-electron chi connectivity index (χ0n) is 17.3. The van der Waals surface area contributed by atoms with E-state index in [1.54, 1.807) is 0 Å². The highest BCUT2D eigenvalue weighted by Gasteiger charge is 2.26. The van der Waals surface area contributed by atoms with Gasteiger partial charge >= 0.3 is 5.63 Å². The van der Waals surface area contributed by atoms with Crippen LogP contribution in [-0.4, -0.2) is 13.2 Å². The van der Waals surface area contributed by atoms with Gasteiger partial charge in [-0.05, 0) is 67.9 Å². The summed E-state index contributed by atoms with van der Waals surface area (Å²) < 4.78 is 26.2. The molecule has 1 aliphatic carbocycles. The monoisotopic (exact) mass is 388 g/mol. The Labute approximate surface area is 167 Å². The summed E-state index contributed by atoms with van der Waals surface area (Å²) >= 11 is 0. The number of hydrogen-bond acceptors (Lipinski definition) is 3. The maximum absolute atomic E-state index is 15.2. The van der Waals surface area contributed by atoms with Crippen molar-refractivity contribution in [2.45, 2.75) is 77.6 Å². The van der Waals surface area contributed by atoms with Crippen LogP contribution in [-0.2, 0) is 11.2 Å². The zero-order chi connectivity index (χ0) is 19.9. The van der Waals surface area contributed by atoms with Crippen LogP contribution in [0.3, 0.4) is 0 Å². The molecule has 1 aliphatic rings. The van der Waals surface area contributed by atoms with Gasteiger partial charge in [-0.25, -0.2) is 9.18 Å². The van der Waals surface area contributed by atoms with Gasteiger partial charge in [0.05, 0.1) is 0 Å². The van der Waals surface area contributed by atoms with E-state index in [1.807, 2.05) is 25.1 Å². The van der Waals surface area contributed by atoms with Crippen molar-refractivity contribution in [3.8, 4) is 0 Å². The molecule has 3 nitrogen and oxygen atoms in total. The summed E-state index contributed by atoms with van der Waals surface area (Å²) in [6.07, 6.45) is 9.19. The highest BCUT2D eigenvalue weighted by molar-refractivity contribution is 5.83. The lowest BCUT2D eigenvalue weighted by Gasteiger charge is -2.29. The largest absolute Gasteiger partial charge is 0.427 e. The molecule has 4 heteroatoms. The minimum Gasteiger partial charge on any atom is -0.427 e. The van der Waals surface area contributed by atoms with E-state index in [4.69, 9.17) is 9.15 Å². The molecule has 3 rings (SSSR count). The number of benzene rings is 1. The fourth-order valence-electron chi connectivity index (χ4n) is 4.40. The lowest BCUT2D eigenvalue weighted by molar-refractivity contribution is 0.0918. The Morgan fingerprint density at radius 1 is 1.11 bits per heavy atom. The molecule has 154 valence electrons. The number of aryl methyl sites for hydroxylation is 1. The molecular weight excluding hydrogens is 355 g/mol. The summed E-state index contributed by atoms with van der Waals surface area (Å²) in [5.74, 6) is 1.03. The third-order valence-corrected chi connectivity index (χ3v) is 6.07. The molecule has 0 radical (unpaired) electrons. The summed E-state index contributed by atoms with van der Waals surface area (Å²) in [5, 5.41) is 0.777. The van der Waals surface area contributed by atoms with Gasteiger partial charge in [0.25, 0.3) is 0 Å². The van der Waals surface area contributed by atoms with Gasteiger partial charge in [-0.3, -0.25) is 0 Å². The van der Waals surface area contributed by atoms with E-state index in [1.165, 1.54) is 12.8 Å². The fraction of sp³-hybridized carbons (Fsp3) is 0.625. The Morgan fingerprint density at radius 3 is 2.61 bits per heavy atom. The Balaban J connectivity index is 1.74. The van der Waals surface area contributed by atoms with E-state index >= 15 is 4.39 Å². The smallest absolute Gasteiger partial charge is 0.346 e. The van der Waals surface area contributed by atoms with Crippen LogP contribution in [0, 0.1) is 11.7 Å². The van der Waals surface area contributed by atoms with E-state index in [0.717, 1.165) is 58.2 Å². The first-order chi connectivity index (χ1) is 13.6. The van der Waals surface area contributed by atoms with Gasteiger partial charge in [-0.15, -0.1) is 0 Å². The highest BCUT2D eigenvalue weighted by Crippen LogP contribution is 2.38. The fourth-order valence-corrected chi connectivity index (χ4v) is 4.40. The van der Waals surface area contributed by atoms with Crippen LogP contribution in [0.15, 0.2) is 27.4 Å². The summed E-state index contributed by atoms with van der Waals surface area (Å²) in [7, 11) is 0. The third-order valence-electron chi connectivity index (χ3n) is 6.07. The van der Waals surface area contributed by atoms with E-state index in [9.17, 15) is 4.79 Å². The minimum atomic E-state index is -0.535. The molecule has 1 aromatic carbocycles. The van der Waals surface area contributed by atoms with Crippen molar-refractivity contribution in [2.24, 2.45) is 5.92 Å². The molecule has 0 unspecified atom stereocenters. The predicted octanol–water partition coefficient (Wildman–Crippen LogP) is 6.37. The van der Waals surface area contributed by atoms with Crippen LogP contribution < -0.4 is 5.63 Å². The van der Waals surface area contributed by atoms with Gasteiger partial charge in [0.1, 0.15) is 17.0 Å². The molecule has 1 heterocycles. The second-order valence-corrected chi connectivity index (χ2v) is 8.12. The van der Waals surface area contributed by atoms with Gasteiger partial charge in [0.2, 0.25) is 0 Å². The average molecular weight is 389 g/mol. The number of unbranched alkanes of at least 4 members (excludes halogenated alkanes) is 3. The zero-order valence-corrected chi connectivity index (χ0v) is 17.3. The van der Waals surface area contributed by atoms with E-state index < -0.39 is 5.63 Å². The summed E-state index contributed by atoms with van der Waals surface area (Å²) in [5.41, 5.74) is 0.137. The molecule has 1 fully saturated rings. The van der Waals surface area contributed by atoms with Gasteiger partial charge in [0.15, 0.2) is 0 Å². The van der Waals surface area contributed by atoms with E-state index in [-0.39, 0.29) is 17.1 Å². The number of ether oxygens (including phenoxy) is 1. The van der Waals surface area contributed by atoms with E-state index in [2.05, 4.69) is 6.92 Å². The van der Waals surface area contributed by atoms with Crippen molar-refractivity contribution in [1.29, 1.82) is 0 Å². The van der Waals surface area contributed by atoms with Crippen LogP contribution >= 0.6 is 0 Å². The molecule has 0 aliphatic heterocycles. The van der Waals surface area contributed by atoms with Crippen LogP contribution in [0.4, 0.5) is 4.39 Å². The topological polar surface area (TPSA) is 39.4 Å². The van der Waals surface area contributed by atoms with Gasteiger partial charge in [-0.2, -0.15) is 0 Å². The standard InChI is InChI=1S/C24H33FO3/c1-3-5-6-7-8-20-15-19-13-14-21(23(25)22(19)24(26)28-20)18-11-9-17(10-12-18)16-27-4-2/h13-15,17-18H,3-12,16H2,1-2H3. The molecule has 0 N–H and O–H groups in total. The molecule has 1 saturated carbocycles. The van der Waals surface area contributed by atoms with Crippen molar-refractivity contribution in [2.75, 3.05) is 13.2 Å². The second kappa shape index (κ2) is 10.2. The lowest BCUT2D eigenvalue weighted by atomic mass is 9.78. The number of halogens is 1. The lowest BCUT2D eigenvalue weighted by Crippen LogP contribution is -2.19. The summed E-state index contributed by atoms with van der Waals surface area (Å²) in [6.45, 7) is 5.73. The van der Waals surface area contributed by atoms with Crippen LogP contribution in [0.2, 0.25) is 0 Å². The Kier molecular flexibility index (Phi) is 7.66. The Morgan fingerprint density at radius 2 is 1.89 bits per heavy atom. The number of rotatable bonds is 9. The second-order valence-electron chi connectivity index (χ2n) is 8.12. The highest BCUT2D eigenvalue weighted by atomic mass is 19.1. The molecule has 1 aromatic heterocycles. The summed E-state index contributed by atoms with van der Waals surface area (Å²) in [4.78, 5) is 12.5. The molecule has 0 bridgehead atoms. The SMILES string of the molecule is CCCCCCc1cc2ccc(C3CCC(COCC)CC3)c(F)c2c(=O)o1. The van der Waals surface area contributed by atoms with Crippen molar-refractivity contribution in [3.63, 3.8) is 0 Å². The third kappa shape index (κ3) is 5.02. The van der Waals surface area contributed by atoms with Gasteiger partial charge in [0, 0.05) is 19.6 Å². The molecule has 0 amide bonds. The van der Waals surface area contributed by atoms with Crippen molar-refractivity contribution >= 4 is 10.8 Å². The van der Waals surface area contributed by atoms with Crippen molar-refractivity contribution < 1.29 is 13.5 Å². The van der Waals surface area contributed by atoms with Crippen LogP contribution in [0.1, 0.15) is 82.5 Å². The molecule has 28 heavy (non-hydrogen) atoms. The summed E-state index contributed by atoms with van der Waals surface area (Å²) in [6, 6.07) is 5.62. The van der Waals surface area contributed by atoms with Gasteiger partial charge in [-0.1, -0.05) is 38.3 Å². The maximum atomic E-state index is 15.2. The van der Waals surface area contributed by atoms with Crippen LogP contribution in [0.25, 0.3) is 10.8 Å². The molecule has 0 spiro atoms. The van der Waals surface area contributed by atoms with Crippen LogP contribution in [0.5, 0.6) is 0 Å². The Bertz CT molecular complexity index is 818. The predicted molar refractivity (Wildman–Crippen MR) is 111 cm³/mol. The number of hydrogen-bond donors (Lipinski definition) is 0. The first-order valence-corrected chi connectivity index (χ1v) is 11.0. The first kappa shape index (κ1) is 21.0. The molecule has 0 saturated heterocycles. The molecule has 2 aromatic rings. The minimum absolute atomic E-state index is 0.117. The molecular formula is C24H33FO3. The first-order valence-electron chi connectivity index (χ1n) is 11.0. The molecule has 0 atom stereocenters. The Hall–Kier alpha value is -1.68. The van der Waals surface area contributed by atoms with E-state index in [0.29, 0.717) is 22.6 Å².